The van der Waals surface area contributed by atoms with E-state index in [1.54, 1.807) is 6.07 Å². The number of hydrogen-bond donors (Lipinski definition) is 0. The Labute approximate surface area is 137 Å². The predicted molar refractivity (Wildman–Crippen MR) is 92.9 cm³/mol. The second-order valence-corrected chi connectivity index (χ2v) is 5.91. The fourth-order valence-electron chi connectivity index (χ4n) is 2.69. The number of nitrogens with zero attached hydrogens (tertiary/aromatic N) is 1. The topological polar surface area (TPSA) is 50.5 Å². The Hall–Kier alpha value is -2.10. The Bertz CT molecular complexity index is 725. The summed E-state index contributed by atoms with van der Waals surface area (Å²) in [6, 6.07) is 6.81. The lowest BCUT2D eigenvalue weighted by atomic mass is 10.0. The Morgan fingerprint density at radius 3 is 2.26 bits per heavy atom. The van der Waals surface area contributed by atoms with Crippen molar-refractivity contribution in [1.82, 2.24) is 4.90 Å². The van der Waals surface area contributed by atoms with E-state index in [0.29, 0.717) is 11.1 Å². The number of benzene rings is 1. The molecule has 0 aliphatic rings. The van der Waals surface area contributed by atoms with Crippen LogP contribution in [0.4, 0.5) is 0 Å². The van der Waals surface area contributed by atoms with E-state index in [9.17, 15) is 9.59 Å². The molecule has 0 unspecified atom stereocenters. The summed E-state index contributed by atoms with van der Waals surface area (Å²) in [5, 5.41) is 0.840. The Balaban J connectivity index is 2.37. The number of hydrogen-bond acceptors (Lipinski definition) is 3. The van der Waals surface area contributed by atoms with Gasteiger partial charge in [-0.15, -0.1) is 0 Å². The summed E-state index contributed by atoms with van der Waals surface area (Å²) in [5.74, 6) is 0.0257. The van der Waals surface area contributed by atoms with Crippen molar-refractivity contribution in [3.8, 4) is 0 Å². The molecule has 0 radical (unpaired) electrons. The highest BCUT2D eigenvalue weighted by molar-refractivity contribution is 5.99. The highest BCUT2D eigenvalue weighted by atomic mass is 16.4. The van der Waals surface area contributed by atoms with Gasteiger partial charge in [0, 0.05) is 35.7 Å². The van der Waals surface area contributed by atoms with Gasteiger partial charge in [-0.05, 0) is 31.9 Å². The molecule has 0 saturated carbocycles. The molecule has 1 aromatic carbocycles. The molecule has 4 nitrogen and oxygen atoms in total. The van der Waals surface area contributed by atoms with Crippen LogP contribution >= 0.6 is 0 Å². The van der Waals surface area contributed by atoms with Crippen LogP contribution in [-0.2, 0) is 0 Å². The van der Waals surface area contributed by atoms with Crippen molar-refractivity contribution in [2.24, 2.45) is 0 Å². The van der Waals surface area contributed by atoms with Gasteiger partial charge in [-0.2, -0.15) is 0 Å². The van der Waals surface area contributed by atoms with Crippen molar-refractivity contribution in [2.45, 2.75) is 46.5 Å². The molecule has 0 bridgehead atoms. The van der Waals surface area contributed by atoms with E-state index in [0.717, 1.165) is 49.7 Å². The summed E-state index contributed by atoms with van der Waals surface area (Å²) in [5.41, 5.74) is 1.48. The van der Waals surface area contributed by atoms with Crippen LogP contribution < -0.4 is 5.63 Å². The van der Waals surface area contributed by atoms with Gasteiger partial charge in [0.1, 0.15) is 5.58 Å². The summed E-state index contributed by atoms with van der Waals surface area (Å²) < 4.78 is 5.30. The normalized spacial score (nSPS) is 10.9. The van der Waals surface area contributed by atoms with Gasteiger partial charge in [0.2, 0.25) is 0 Å². The summed E-state index contributed by atoms with van der Waals surface area (Å²) >= 11 is 0. The van der Waals surface area contributed by atoms with Gasteiger partial charge >= 0.3 is 5.63 Å². The number of rotatable bonds is 7. The van der Waals surface area contributed by atoms with Gasteiger partial charge in [0.05, 0.1) is 0 Å². The zero-order valence-corrected chi connectivity index (χ0v) is 14.2. The van der Waals surface area contributed by atoms with E-state index < -0.39 is 0 Å². The van der Waals surface area contributed by atoms with E-state index in [1.807, 2.05) is 24.0 Å². The van der Waals surface area contributed by atoms with Gasteiger partial charge in [-0.1, -0.05) is 32.8 Å². The van der Waals surface area contributed by atoms with E-state index in [1.165, 1.54) is 6.07 Å². The van der Waals surface area contributed by atoms with Gasteiger partial charge in [-0.25, -0.2) is 4.79 Å². The first-order valence-corrected chi connectivity index (χ1v) is 8.41. The molecule has 0 aliphatic heterocycles. The largest absolute Gasteiger partial charge is 0.422 e. The van der Waals surface area contributed by atoms with Crippen LogP contribution in [0.5, 0.6) is 0 Å². The Kier molecular flexibility index (Phi) is 5.97. The molecule has 124 valence electrons. The minimum absolute atomic E-state index is 0.0257. The highest BCUT2D eigenvalue weighted by Crippen LogP contribution is 2.22. The molecule has 23 heavy (non-hydrogen) atoms. The minimum atomic E-state index is -0.390. The van der Waals surface area contributed by atoms with Crippen LogP contribution in [0, 0.1) is 6.92 Å². The zero-order valence-electron chi connectivity index (χ0n) is 14.2. The minimum Gasteiger partial charge on any atom is -0.422 e. The number of amides is 1. The highest BCUT2D eigenvalue weighted by Gasteiger charge is 2.19. The van der Waals surface area contributed by atoms with Gasteiger partial charge in [0.15, 0.2) is 0 Å². The summed E-state index contributed by atoms with van der Waals surface area (Å²) in [6.45, 7) is 7.63. The van der Waals surface area contributed by atoms with Crippen LogP contribution in [0.3, 0.4) is 0 Å². The average Bonchev–Trinajstić information content (AvgIpc) is 2.55. The van der Waals surface area contributed by atoms with Gasteiger partial charge < -0.3 is 9.32 Å². The third-order valence-corrected chi connectivity index (χ3v) is 4.12. The van der Waals surface area contributed by atoms with Crippen molar-refractivity contribution >= 4 is 16.9 Å². The van der Waals surface area contributed by atoms with Crippen molar-refractivity contribution < 1.29 is 9.21 Å². The molecule has 1 aromatic heterocycles. The maximum absolute atomic E-state index is 12.9. The first-order chi connectivity index (χ1) is 11.1. The van der Waals surface area contributed by atoms with Crippen LogP contribution in [-0.4, -0.2) is 23.9 Å². The summed E-state index contributed by atoms with van der Waals surface area (Å²) in [6.07, 6.45) is 4.11. The fraction of sp³-hybridized carbons (Fsp3) is 0.474. The maximum Gasteiger partial charge on any atom is 0.336 e. The first kappa shape index (κ1) is 17.3. The molecule has 0 atom stereocenters. The van der Waals surface area contributed by atoms with E-state index in [-0.39, 0.29) is 11.5 Å². The molecule has 0 N–H and O–H groups in total. The van der Waals surface area contributed by atoms with E-state index in [2.05, 4.69) is 13.8 Å². The van der Waals surface area contributed by atoms with Crippen molar-refractivity contribution in [1.29, 1.82) is 0 Å². The third-order valence-electron chi connectivity index (χ3n) is 4.12. The first-order valence-electron chi connectivity index (χ1n) is 8.41. The lowest BCUT2D eigenvalue weighted by Gasteiger charge is -2.23. The van der Waals surface area contributed by atoms with E-state index >= 15 is 0 Å². The third kappa shape index (κ3) is 4.01. The maximum atomic E-state index is 12.9. The number of carbonyl (C=O) groups is 1. The number of carbonyl (C=O) groups excluding carboxylic acids is 1. The van der Waals surface area contributed by atoms with Crippen LogP contribution in [0.1, 0.15) is 55.5 Å². The molecule has 1 heterocycles. The molecule has 4 heteroatoms. The molecular weight excluding hydrogens is 290 g/mol. The smallest absolute Gasteiger partial charge is 0.336 e. The second kappa shape index (κ2) is 7.95. The average molecular weight is 315 g/mol. The molecule has 0 fully saturated rings. The number of fused-ring (bicyclic) bond motifs is 1. The number of aryl methyl sites for hydroxylation is 1. The van der Waals surface area contributed by atoms with Crippen molar-refractivity contribution in [2.75, 3.05) is 13.1 Å². The molecule has 0 spiro atoms. The fourth-order valence-corrected chi connectivity index (χ4v) is 2.69. The number of unbranched alkanes of at least 4 members (excludes halogenated alkanes) is 2. The van der Waals surface area contributed by atoms with Crippen LogP contribution in [0.15, 0.2) is 33.5 Å². The van der Waals surface area contributed by atoms with Crippen molar-refractivity contribution in [3.05, 3.63) is 45.8 Å². The Morgan fingerprint density at radius 2 is 1.65 bits per heavy atom. The predicted octanol–water partition coefficient (Wildman–Crippen LogP) is 4.14. The molecule has 1 amide bonds. The molecule has 0 saturated heterocycles. The van der Waals surface area contributed by atoms with Gasteiger partial charge in [0.25, 0.3) is 5.91 Å². The summed E-state index contributed by atoms with van der Waals surface area (Å²) in [4.78, 5) is 26.3. The monoisotopic (exact) mass is 315 g/mol. The SMILES string of the molecule is CCCCN(CCCC)C(=O)c1ccc2ccc(=O)oc2c1C. The van der Waals surface area contributed by atoms with Crippen LogP contribution in [0.2, 0.25) is 0 Å². The standard InChI is InChI=1S/C19H25NO3/c1-4-6-12-20(13-7-5-2)19(22)16-10-8-15-9-11-17(21)23-18(15)14(16)3/h8-11H,4-7,12-13H2,1-3H3. The van der Waals surface area contributed by atoms with Gasteiger partial charge in [-0.3, -0.25) is 4.79 Å². The molecule has 2 rings (SSSR count). The molecule has 2 aromatic rings. The van der Waals surface area contributed by atoms with Crippen molar-refractivity contribution in [3.63, 3.8) is 0 Å². The second-order valence-electron chi connectivity index (χ2n) is 5.91. The molecule has 0 aliphatic carbocycles. The molecular formula is C19H25NO3. The lowest BCUT2D eigenvalue weighted by Crippen LogP contribution is -2.33. The zero-order chi connectivity index (χ0) is 16.8. The van der Waals surface area contributed by atoms with Crippen LogP contribution in [0.25, 0.3) is 11.0 Å². The van der Waals surface area contributed by atoms with E-state index in [4.69, 9.17) is 4.42 Å². The Morgan fingerprint density at radius 1 is 1.04 bits per heavy atom. The quantitative estimate of drug-likeness (QED) is 0.721. The lowest BCUT2D eigenvalue weighted by molar-refractivity contribution is 0.0750. The summed E-state index contributed by atoms with van der Waals surface area (Å²) in [7, 11) is 0.